The van der Waals surface area contributed by atoms with Crippen molar-refractivity contribution in [1.82, 2.24) is 4.98 Å². The number of aryl methyl sites for hydroxylation is 2. The molecule has 80 valence electrons. The lowest BCUT2D eigenvalue weighted by molar-refractivity contribution is -0.358. The maximum Gasteiger partial charge on any atom is 0.321 e. The van der Waals surface area contributed by atoms with Crippen LogP contribution in [-0.4, -0.2) is 10.7 Å². The van der Waals surface area contributed by atoms with Gasteiger partial charge in [0, 0.05) is 18.7 Å². The minimum absolute atomic E-state index is 0.782. The molecule has 0 aliphatic rings. The van der Waals surface area contributed by atoms with Crippen LogP contribution in [-0.2, 0) is 0 Å². The third-order valence-corrected chi connectivity index (χ3v) is 1.87. The van der Waals surface area contributed by atoms with Gasteiger partial charge in [-0.2, -0.15) is 0 Å². The molecule has 15 heavy (non-hydrogen) atoms. The highest BCUT2D eigenvalue weighted by Gasteiger charge is 2.03. The van der Waals surface area contributed by atoms with Gasteiger partial charge in [0.1, 0.15) is 5.69 Å². The number of aromatic nitrogens is 1. The van der Waals surface area contributed by atoms with Crippen LogP contribution in [0.3, 0.4) is 0 Å². The Kier molecular flexibility index (Phi) is 3.61. The normalized spacial score (nSPS) is 13.1. The first kappa shape index (κ1) is 11.4. The van der Waals surface area contributed by atoms with Gasteiger partial charge in [0.2, 0.25) is 0 Å². The summed E-state index contributed by atoms with van der Waals surface area (Å²) in [6.07, 6.45) is 1.89. The van der Waals surface area contributed by atoms with Crippen molar-refractivity contribution in [2.45, 2.75) is 27.7 Å². The predicted octanol–water partition coefficient (Wildman–Crippen LogP) is 0.734. The summed E-state index contributed by atoms with van der Waals surface area (Å²) in [6.45, 7) is 7.87. The lowest BCUT2D eigenvalue weighted by Gasteiger charge is -1.93. The van der Waals surface area contributed by atoms with Crippen molar-refractivity contribution in [3.05, 3.63) is 35.2 Å². The van der Waals surface area contributed by atoms with E-state index in [0.29, 0.717) is 0 Å². The first-order chi connectivity index (χ1) is 6.97. The van der Waals surface area contributed by atoms with E-state index in [9.17, 15) is 0 Å². The van der Waals surface area contributed by atoms with E-state index < -0.39 is 0 Å². The van der Waals surface area contributed by atoms with Crippen LogP contribution in [0.15, 0.2) is 23.9 Å². The Morgan fingerprint density at radius 1 is 1.33 bits per heavy atom. The van der Waals surface area contributed by atoms with Crippen LogP contribution in [0.25, 0.3) is 0 Å². The Hall–Kier alpha value is -1.64. The fraction of sp³-hybridized carbons (Fsp3) is 0.333. The van der Waals surface area contributed by atoms with Crippen LogP contribution < -0.4 is 10.7 Å². The van der Waals surface area contributed by atoms with Crippen LogP contribution in [0.4, 0.5) is 5.82 Å². The molecule has 0 saturated heterocycles. The second-order valence-electron chi connectivity index (χ2n) is 3.87. The number of nitrogens with one attached hydrogen (secondary N) is 1. The highest BCUT2D eigenvalue weighted by atomic mass is 14.9. The minimum Gasteiger partial charge on any atom is -0.402 e. The SMILES string of the molecule is CC(N)=CC(C)=[NH+]c1cc(C)cc(C)n1. The van der Waals surface area contributed by atoms with Crippen LogP contribution in [0.2, 0.25) is 0 Å². The summed E-state index contributed by atoms with van der Waals surface area (Å²) in [5.74, 6) is 0.863. The molecule has 0 aromatic carbocycles. The van der Waals surface area contributed by atoms with E-state index in [2.05, 4.69) is 16.9 Å². The van der Waals surface area contributed by atoms with E-state index in [1.165, 1.54) is 5.56 Å². The van der Waals surface area contributed by atoms with Crippen molar-refractivity contribution < 1.29 is 4.99 Å². The Labute approximate surface area is 90.8 Å². The van der Waals surface area contributed by atoms with Gasteiger partial charge in [-0.1, -0.05) is 0 Å². The second-order valence-corrected chi connectivity index (χ2v) is 3.87. The van der Waals surface area contributed by atoms with Gasteiger partial charge in [-0.15, -0.1) is 0 Å². The highest BCUT2D eigenvalue weighted by molar-refractivity contribution is 5.88. The molecule has 3 heteroatoms. The Morgan fingerprint density at radius 3 is 2.53 bits per heavy atom. The maximum atomic E-state index is 5.59. The predicted molar refractivity (Wildman–Crippen MR) is 63.0 cm³/mol. The van der Waals surface area contributed by atoms with Gasteiger partial charge in [-0.3, -0.25) is 0 Å². The van der Waals surface area contributed by atoms with Crippen LogP contribution in [0.5, 0.6) is 0 Å². The molecule has 1 rings (SSSR count). The zero-order valence-corrected chi connectivity index (χ0v) is 9.76. The summed E-state index contributed by atoms with van der Waals surface area (Å²) >= 11 is 0. The number of nitrogens with two attached hydrogens (primary N) is 1. The van der Waals surface area contributed by atoms with Crippen molar-refractivity contribution in [3.8, 4) is 0 Å². The number of hydrogen-bond acceptors (Lipinski definition) is 2. The molecule has 0 saturated carbocycles. The summed E-state index contributed by atoms with van der Waals surface area (Å²) in [6, 6.07) is 4.06. The molecule has 0 atom stereocenters. The van der Waals surface area contributed by atoms with E-state index in [1.807, 2.05) is 39.0 Å². The van der Waals surface area contributed by atoms with E-state index in [0.717, 1.165) is 22.9 Å². The van der Waals surface area contributed by atoms with Gasteiger partial charge in [0.05, 0.1) is 5.71 Å². The summed E-state index contributed by atoms with van der Waals surface area (Å²) in [5, 5.41) is 0. The smallest absolute Gasteiger partial charge is 0.321 e. The standard InChI is InChI=1S/C12H17N3/c1-8-5-10(3)14-12(6-8)15-11(4)7-9(2)13/h5-7H,13H2,1-4H3/p+1. The molecule has 1 aromatic heterocycles. The molecule has 0 spiro atoms. The fourth-order valence-corrected chi connectivity index (χ4v) is 1.48. The first-order valence-corrected chi connectivity index (χ1v) is 4.97. The number of allylic oxidation sites excluding steroid dienone is 2. The van der Waals surface area contributed by atoms with Crippen LogP contribution in [0, 0.1) is 13.8 Å². The molecule has 0 fully saturated rings. The van der Waals surface area contributed by atoms with Gasteiger partial charge in [-0.25, -0.2) is 4.99 Å². The van der Waals surface area contributed by atoms with Crippen molar-refractivity contribution in [3.63, 3.8) is 0 Å². The van der Waals surface area contributed by atoms with Gasteiger partial charge >= 0.3 is 5.82 Å². The zero-order chi connectivity index (χ0) is 11.4. The van der Waals surface area contributed by atoms with Gasteiger partial charge in [0.25, 0.3) is 0 Å². The topological polar surface area (TPSA) is 52.9 Å². The molecule has 0 aliphatic heterocycles. The van der Waals surface area contributed by atoms with Gasteiger partial charge in [0.15, 0.2) is 0 Å². The quantitative estimate of drug-likeness (QED) is 0.698. The molecule has 3 nitrogen and oxygen atoms in total. The average molecular weight is 204 g/mol. The van der Waals surface area contributed by atoms with Crippen molar-refractivity contribution >= 4 is 11.5 Å². The zero-order valence-electron chi connectivity index (χ0n) is 9.76. The summed E-state index contributed by atoms with van der Waals surface area (Å²) in [4.78, 5) is 7.58. The number of hydrogen-bond donors (Lipinski definition) is 2. The summed E-state index contributed by atoms with van der Waals surface area (Å²) in [5.41, 5.74) is 9.57. The molecule has 0 radical (unpaired) electrons. The van der Waals surface area contributed by atoms with E-state index in [4.69, 9.17) is 5.73 Å². The van der Waals surface area contributed by atoms with Crippen LogP contribution >= 0.6 is 0 Å². The molecular formula is C12H18N3+. The Morgan fingerprint density at radius 2 is 2.00 bits per heavy atom. The monoisotopic (exact) mass is 204 g/mol. The molecular weight excluding hydrogens is 186 g/mol. The fourth-order valence-electron chi connectivity index (χ4n) is 1.48. The average Bonchev–Trinajstić information content (AvgIpc) is 1.98. The Balaban J connectivity index is 3.03. The highest BCUT2D eigenvalue weighted by Crippen LogP contribution is 2.03. The molecule has 0 unspecified atom stereocenters. The number of rotatable bonds is 2. The maximum absolute atomic E-state index is 5.59. The first-order valence-electron chi connectivity index (χ1n) is 4.97. The Bertz CT molecular complexity index is 393. The molecule has 3 N–H and O–H groups in total. The molecule has 1 heterocycles. The molecule has 0 amide bonds. The third-order valence-electron chi connectivity index (χ3n) is 1.87. The van der Waals surface area contributed by atoms with Crippen LogP contribution in [0.1, 0.15) is 25.1 Å². The molecule has 1 aromatic rings. The van der Waals surface area contributed by atoms with E-state index >= 15 is 0 Å². The number of pyridine rings is 1. The largest absolute Gasteiger partial charge is 0.402 e. The second kappa shape index (κ2) is 4.73. The van der Waals surface area contributed by atoms with Gasteiger partial charge in [-0.05, 0) is 43.5 Å². The lowest BCUT2D eigenvalue weighted by atomic mass is 10.2. The summed E-state index contributed by atoms with van der Waals surface area (Å²) < 4.78 is 0. The van der Waals surface area contributed by atoms with Crippen molar-refractivity contribution in [1.29, 1.82) is 0 Å². The third kappa shape index (κ3) is 3.94. The van der Waals surface area contributed by atoms with Crippen molar-refractivity contribution in [2.24, 2.45) is 5.73 Å². The minimum atomic E-state index is 0.782. The molecule has 0 bridgehead atoms. The number of nitrogens with zero attached hydrogens (tertiary/aromatic N) is 1. The van der Waals surface area contributed by atoms with Crippen molar-refractivity contribution in [2.75, 3.05) is 0 Å². The summed E-state index contributed by atoms with van der Waals surface area (Å²) in [7, 11) is 0. The van der Waals surface area contributed by atoms with E-state index in [-0.39, 0.29) is 0 Å². The van der Waals surface area contributed by atoms with E-state index in [1.54, 1.807) is 0 Å². The molecule has 0 aliphatic carbocycles. The van der Waals surface area contributed by atoms with Gasteiger partial charge < -0.3 is 5.73 Å². The lowest BCUT2D eigenvalue weighted by Crippen LogP contribution is -2.65.